The molecule has 0 bridgehead atoms. The molecule has 25 heavy (non-hydrogen) atoms. The Labute approximate surface area is 146 Å². The standard InChI is InChI=1S/C18H18N2O4S/c21-13-14-5-7-16(8-6-14)18(22)19-10-12-25(23,24)20-11-9-15-3-1-2-4-17(15)20/h1-8,13H,9-12H2,(H,19,22). The Morgan fingerprint density at radius 1 is 1.12 bits per heavy atom. The highest BCUT2D eigenvalue weighted by Crippen LogP contribution is 2.29. The van der Waals surface area contributed by atoms with E-state index in [9.17, 15) is 18.0 Å². The molecule has 2 aromatic carbocycles. The van der Waals surface area contributed by atoms with Crippen LogP contribution in [0.2, 0.25) is 0 Å². The van der Waals surface area contributed by atoms with Crippen molar-refractivity contribution in [3.63, 3.8) is 0 Å². The molecule has 0 unspecified atom stereocenters. The number of amides is 1. The number of para-hydroxylation sites is 1. The molecule has 0 atom stereocenters. The van der Waals surface area contributed by atoms with Crippen LogP contribution in [-0.4, -0.2) is 39.5 Å². The second-order valence-corrected chi connectivity index (χ2v) is 7.78. The molecule has 0 aromatic heterocycles. The third-order valence-corrected chi connectivity index (χ3v) is 5.91. The Morgan fingerprint density at radius 3 is 2.56 bits per heavy atom. The first kappa shape index (κ1) is 17.2. The summed E-state index contributed by atoms with van der Waals surface area (Å²) in [4.78, 5) is 22.7. The zero-order chi connectivity index (χ0) is 17.9. The molecular weight excluding hydrogens is 340 g/mol. The molecule has 1 N–H and O–H groups in total. The van der Waals surface area contributed by atoms with Gasteiger partial charge in [0, 0.05) is 24.2 Å². The van der Waals surface area contributed by atoms with E-state index >= 15 is 0 Å². The summed E-state index contributed by atoms with van der Waals surface area (Å²) in [5, 5.41) is 2.61. The minimum Gasteiger partial charge on any atom is -0.351 e. The van der Waals surface area contributed by atoms with E-state index in [0.717, 1.165) is 11.3 Å². The van der Waals surface area contributed by atoms with E-state index in [1.165, 1.54) is 16.4 Å². The molecule has 6 nitrogen and oxygen atoms in total. The molecule has 1 aliphatic heterocycles. The van der Waals surface area contributed by atoms with Gasteiger partial charge >= 0.3 is 0 Å². The summed E-state index contributed by atoms with van der Waals surface area (Å²) in [7, 11) is -3.49. The van der Waals surface area contributed by atoms with Crippen molar-refractivity contribution < 1.29 is 18.0 Å². The zero-order valence-electron chi connectivity index (χ0n) is 13.5. The van der Waals surface area contributed by atoms with Crippen LogP contribution in [0.3, 0.4) is 0 Å². The normalized spacial score (nSPS) is 13.4. The number of hydrogen-bond donors (Lipinski definition) is 1. The average molecular weight is 358 g/mol. The molecule has 1 aliphatic rings. The monoisotopic (exact) mass is 358 g/mol. The predicted octanol–water partition coefficient (Wildman–Crippen LogP) is 1.62. The highest BCUT2D eigenvalue weighted by molar-refractivity contribution is 7.92. The van der Waals surface area contributed by atoms with Gasteiger partial charge in [-0.1, -0.05) is 30.3 Å². The summed E-state index contributed by atoms with van der Waals surface area (Å²) in [6, 6.07) is 13.6. The molecule has 7 heteroatoms. The van der Waals surface area contributed by atoms with E-state index in [-0.39, 0.29) is 18.2 Å². The van der Waals surface area contributed by atoms with Crippen molar-refractivity contribution >= 4 is 27.9 Å². The fraction of sp³-hybridized carbons (Fsp3) is 0.222. The van der Waals surface area contributed by atoms with Gasteiger partial charge in [-0.25, -0.2) is 8.42 Å². The lowest BCUT2D eigenvalue weighted by Crippen LogP contribution is -2.37. The first-order valence-electron chi connectivity index (χ1n) is 7.93. The van der Waals surface area contributed by atoms with Crippen molar-refractivity contribution in [1.29, 1.82) is 0 Å². The van der Waals surface area contributed by atoms with Gasteiger partial charge in [-0.05, 0) is 30.2 Å². The second kappa shape index (κ2) is 7.06. The molecule has 0 fully saturated rings. The topological polar surface area (TPSA) is 83.5 Å². The van der Waals surface area contributed by atoms with Gasteiger partial charge in [-0.15, -0.1) is 0 Å². The zero-order valence-corrected chi connectivity index (χ0v) is 14.3. The fourth-order valence-electron chi connectivity index (χ4n) is 2.82. The van der Waals surface area contributed by atoms with E-state index in [2.05, 4.69) is 5.32 Å². The lowest BCUT2D eigenvalue weighted by Gasteiger charge is -2.19. The quantitative estimate of drug-likeness (QED) is 0.796. The maximum Gasteiger partial charge on any atom is 0.251 e. The van der Waals surface area contributed by atoms with Gasteiger partial charge in [0.1, 0.15) is 6.29 Å². The maximum atomic E-state index is 12.5. The molecule has 0 radical (unpaired) electrons. The van der Waals surface area contributed by atoms with Crippen LogP contribution >= 0.6 is 0 Å². The third kappa shape index (κ3) is 3.71. The third-order valence-electron chi connectivity index (χ3n) is 4.13. The summed E-state index contributed by atoms with van der Waals surface area (Å²) in [6.07, 6.45) is 1.40. The number of benzene rings is 2. The molecule has 0 saturated heterocycles. The predicted molar refractivity (Wildman–Crippen MR) is 95.4 cm³/mol. The number of carbonyl (C=O) groups is 2. The molecule has 0 aliphatic carbocycles. The van der Waals surface area contributed by atoms with Crippen molar-refractivity contribution in [3.05, 3.63) is 65.2 Å². The van der Waals surface area contributed by atoms with Crippen LogP contribution in [0.15, 0.2) is 48.5 Å². The van der Waals surface area contributed by atoms with Gasteiger partial charge in [0.05, 0.1) is 11.4 Å². The van der Waals surface area contributed by atoms with Gasteiger partial charge < -0.3 is 5.32 Å². The Balaban J connectivity index is 1.59. The average Bonchev–Trinajstić information content (AvgIpc) is 3.06. The van der Waals surface area contributed by atoms with Crippen molar-refractivity contribution in [2.24, 2.45) is 0 Å². The van der Waals surface area contributed by atoms with Crippen LogP contribution in [-0.2, 0) is 16.4 Å². The van der Waals surface area contributed by atoms with Crippen molar-refractivity contribution in [1.82, 2.24) is 5.32 Å². The lowest BCUT2D eigenvalue weighted by atomic mass is 10.1. The molecule has 130 valence electrons. The van der Waals surface area contributed by atoms with E-state index in [4.69, 9.17) is 0 Å². The number of aldehydes is 1. The number of carbonyl (C=O) groups excluding carboxylic acids is 2. The Kier molecular flexibility index (Phi) is 4.85. The van der Waals surface area contributed by atoms with Crippen molar-refractivity contribution in [3.8, 4) is 0 Å². The number of fused-ring (bicyclic) bond motifs is 1. The smallest absolute Gasteiger partial charge is 0.251 e. The van der Waals surface area contributed by atoms with Crippen LogP contribution in [0.5, 0.6) is 0 Å². The number of nitrogens with zero attached hydrogens (tertiary/aromatic N) is 1. The summed E-state index contributed by atoms with van der Waals surface area (Å²) in [5.41, 5.74) is 2.60. The molecule has 0 saturated carbocycles. The van der Waals surface area contributed by atoms with Crippen LogP contribution in [0, 0.1) is 0 Å². The van der Waals surface area contributed by atoms with E-state index in [1.54, 1.807) is 18.2 Å². The fourth-order valence-corrected chi connectivity index (χ4v) is 4.24. The van der Waals surface area contributed by atoms with Gasteiger partial charge in [0.15, 0.2) is 0 Å². The molecule has 2 aromatic rings. The van der Waals surface area contributed by atoms with Gasteiger partial charge in [-0.2, -0.15) is 0 Å². The number of sulfonamides is 1. The number of rotatable bonds is 6. The largest absolute Gasteiger partial charge is 0.351 e. The van der Waals surface area contributed by atoms with Crippen molar-refractivity contribution in [2.45, 2.75) is 6.42 Å². The second-order valence-electron chi connectivity index (χ2n) is 5.76. The summed E-state index contributed by atoms with van der Waals surface area (Å²) in [6.45, 7) is 0.456. The van der Waals surface area contributed by atoms with Crippen LogP contribution < -0.4 is 9.62 Å². The van der Waals surface area contributed by atoms with Crippen molar-refractivity contribution in [2.75, 3.05) is 23.1 Å². The minimum atomic E-state index is -3.49. The molecular formula is C18H18N2O4S. The summed E-state index contributed by atoms with van der Waals surface area (Å²) < 4.78 is 26.5. The van der Waals surface area contributed by atoms with E-state index < -0.39 is 10.0 Å². The molecule has 1 amide bonds. The number of hydrogen-bond acceptors (Lipinski definition) is 4. The highest BCUT2D eigenvalue weighted by Gasteiger charge is 2.28. The minimum absolute atomic E-state index is 0.0231. The van der Waals surface area contributed by atoms with Gasteiger partial charge in [0.2, 0.25) is 10.0 Å². The van der Waals surface area contributed by atoms with Crippen LogP contribution in [0.1, 0.15) is 26.3 Å². The first-order valence-corrected chi connectivity index (χ1v) is 9.54. The summed E-state index contributed by atoms with van der Waals surface area (Å²) >= 11 is 0. The van der Waals surface area contributed by atoms with E-state index in [0.29, 0.717) is 30.4 Å². The molecule has 1 heterocycles. The van der Waals surface area contributed by atoms with Gasteiger partial charge in [0.25, 0.3) is 5.91 Å². The molecule has 0 spiro atoms. The Hall–Kier alpha value is -2.67. The highest BCUT2D eigenvalue weighted by atomic mass is 32.2. The number of anilines is 1. The number of nitrogens with one attached hydrogen (secondary N) is 1. The lowest BCUT2D eigenvalue weighted by molar-refractivity contribution is 0.0955. The SMILES string of the molecule is O=Cc1ccc(C(=O)NCCS(=O)(=O)N2CCc3ccccc32)cc1. The first-order chi connectivity index (χ1) is 12.0. The maximum absolute atomic E-state index is 12.5. The summed E-state index contributed by atoms with van der Waals surface area (Å²) in [5.74, 6) is -0.533. The molecule has 3 rings (SSSR count). The van der Waals surface area contributed by atoms with Crippen LogP contribution in [0.4, 0.5) is 5.69 Å². The Morgan fingerprint density at radius 2 is 1.84 bits per heavy atom. The van der Waals surface area contributed by atoms with E-state index in [1.807, 2.05) is 18.2 Å². The Bertz CT molecular complexity index is 892. The van der Waals surface area contributed by atoms with Crippen LogP contribution in [0.25, 0.3) is 0 Å². The van der Waals surface area contributed by atoms with Gasteiger partial charge in [-0.3, -0.25) is 13.9 Å².